The quantitative estimate of drug-likeness (QED) is 0.591. The Morgan fingerprint density at radius 1 is 0.963 bits per heavy atom. The maximum absolute atomic E-state index is 12.1. The van der Waals surface area contributed by atoms with Gasteiger partial charge in [0.1, 0.15) is 5.82 Å². The molecule has 1 N–H and O–H groups in total. The third-order valence-corrected chi connectivity index (χ3v) is 5.59. The van der Waals surface area contributed by atoms with Gasteiger partial charge in [0.25, 0.3) is 0 Å². The molecule has 0 bridgehead atoms. The number of hydrogen-bond donors (Lipinski definition) is 1. The van der Waals surface area contributed by atoms with Crippen LogP contribution in [-0.2, 0) is 20.5 Å². The lowest BCUT2D eigenvalue weighted by Gasteiger charge is -2.11. The van der Waals surface area contributed by atoms with E-state index in [0.29, 0.717) is 11.8 Å². The van der Waals surface area contributed by atoms with Crippen molar-refractivity contribution in [2.24, 2.45) is 14.1 Å². The second-order valence-corrected chi connectivity index (χ2v) is 7.87. The first kappa shape index (κ1) is 17.6. The van der Waals surface area contributed by atoms with E-state index in [2.05, 4.69) is 56.1 Å². The lowest BCUT2D eigenvalue weighted by Crippen LogP contribution is -2.19. The molecule has 2 heterocycles. The number of imidazole rings is 2. The Bertz CT molecular complexity index is 1190. The van der Waals surface area contributed by atoms with E-state index in [1.807, 2.05) is 20.2 Å². The normalized spacial score (nSPS) is 13.1. The van der Waals surface area contributed by atoms with Crippen LogP contribution in [0.15, 0.2) is 41.2 Å². The molecule has 0 aliphatic heterocycles. The number of aryl methyl sites for hydroxylation is 2. The molecule has 5 nitrogen and oxygen atoms in total. The minimum Gasteiger partial charge on any atom is -0.342 e. The van der Waals surface area contributed by atoms with Crippen LogP contribution in [0.5, 0.6) is 0 Å². The van der Waals surface area contributed by atoms with Gasteiger partial charge in [-0.15, -0.1) is 0 Å². The Kier molecular flexibility index (Phi) is 4.17. The number of nitrogens with one attached hydrogen (secondary N) is 1. The predicted molar refractivity (Wildman–Crippen MR) is 110 cm³/mol. The molecule has 1 atom stereocenters. The second-order valence-electron chi connectivity index (χ2n) is 7.87. The van der Waals surface area contributed by atoms with Gasteiger partial charge in [-0.2, -0.15) is 0 Å². The Morgan fingerprint density at radius 2 is 1.67 bits per heavy atom. The first-order chi connectivity index (χ1) is 12.8. The van der Waals surface area contributed by atoms with Crippen molar-refractivity contribution in [3.63, 3.8) is 0 Å². The standard InChI is InChI=1S/C22H26N4O/c1-13(2)15-6-8-17-18(11-15)24-21(23-17)10-14(3)16-7-9-19-20(12-16)26(5)22(27)25(19)4/h6-9,11-14H,10H2,1-5H3,(H,23,24). The molecule has 5 heteroatoms. The average Bonchev–Trinajstić information content (AvgIpc) is 3.15. The predicted octanol–water partition coefficient (Wildman–Crippen LogP) is 4.22. The molecule has 2 aromatic carbocycles. The highest BCUT2D eigenvalue weighted by Crippen LogP contribution is 2.25. The zero-order valence-electron chi connectivity index (χ0n) is 16.6. The van der Waals surface area contributed by atoms with E-state index in [9.17, 15) is 4.79 Å². The fraction of sp³-hybridized carbons (Fsp3) is 0.364. The number of rotatable bonds is 4. The van der Waals surface area contributed by atoms with Gasteiger partial charge in [-0.1, -0.05) is 32.9 Å². The molecule has 140 valence electrons. The van der Waals surface area contributed by atoms with E-state index in [0.717, 1.165) is 34.3 Å². The summed E-state index contributed by atoms with van der Waals surface area (Å²) in [5.41, 5.74) is 6.59. The summed E-state index contributed by atoms with van der Waals surface area (Å²) in [4.78, 5) is 20.4. The smallest absolute Gasteiger partial charge is 0.328 e. The van der Waals surface area contributed by atoms with Crippen LogP contribution < -0.4 is 5.69 Å². The molecule has 0 saturated heterocycles. The lowest BCUT2D eigenvalue weighted by atomic mass is 9.97. The van der Waals surface area contributed by atoms with Crippen LogP contribution in [0.2, 0.25) is 0 Å². The summed E-state index contributed by atoms with van der Waals surface area (Å²) in [5, 5.41) is 0. The first-order valence-corrected chi connectivity index (χ1v) is 9.49. The van der Waals surface area contributed by atoms with Crippen molar-refractivity contribution in [1.29, 1.82) is 0 Å². The van der Waals surface area contributed by atoms with Crippen LogP contribution in [0, 0.1) is 0 Å². The minimum absolute atomic E-state index is 0.00745. The SMILES string of the molecule is CC(C)c1ccc2nc(CC(C)c3ccc4c(c3)n(C)c(=O)n4C)[nH]c2c1. The molecule has 0 saturated carbocycles. The molecule has 0 radical (unpaired) electrons. The molecule has 1 unspecified atom stereocenters. The van der Waals surface area contributed by atoms with Crippen LogP contribution in [0.4, 0.5) is 0 Å². The van der Waals surface area contributed by atoms with Gasteiger partial charge in [0.15, 0.2) is 0 Å². The van der Waals surface area contributed by atoms with E-state index < -0.39 is 0 Å². The van der Waals surface area contributed by atoms with Crippen LogP contribution >= 0.6 is 0 Å². The first-order valence-electron chi connectivity index (χ1n) is 9.49. The van der Waals surface area contributed by atoms with Crippen molar-refractivity contribution in [3.8, 4) is 0 Å². The monoisotopic (exact) mass is 362 g/mol. The summed E-state index contributed by atoms with van der Waals surface area (Å²) in [6, 6.07) is 12.7. The van der Waals surface area contributed by atoms with Gasteiger partial charge in [0.05, 0.1) is 22.1 Å². The van der Waals surface area contributed by atoms with Crippen molar-refractivity contribution < 1.29 is 0 Å². The second kappa shape index (κ2) is 6.41. The summed E-state index contributed by atoms with van der Waals surface area (Å²) in [6.45, 7) is 6.61. The van der Waals surface area contributed by atoms with E-state index in [1.54, 1.807) is 9.13 Å². The Balaban J connectivity index is 1.64. The molecule has 0 amide bonds. The summed E-state index contributed by atoms with van der Waals surface area (Å²) >= 11 is 0. The largest absolute Gasteiger partial charge is 0.342 e. The van der Waals surface area contributed by atoms with Crippen LogP contribution in [0.25, 0.3) is 22.1 Å². The molecule has 0 aliphatic rings. The number of fused-ring (bicyclic) bond motifs is 2. The van der Waals surface area contributed by atoms with Crippen LogP contribution in [0.1, 0.15) is 49.6 Å². The van der Waals surface area contributed by atoms with Gasteiger partial charge in [-0.05, 0) is 47.2 Å². The van der Waals surface area contributed by atoms with E-state index >= 15 is 0 Å². The fourth-order valence-electron chi connectivity index (χ4n) is 3.77. The van der Waals surface area contributed by atoms with E-state index in [-0.39, 0.29) is 5.69 Å². The summed E-state index contributed by atoms with van der Waals surface area (Å²) in [6.07, 6.45) is 0.831. The summed E-state index contributed by atoms with van der Waals surface area (Å²) in [5.74, 6) is 1.81. The van der Waals surface area contributed by atoms with Gasteiger partial charge in [-0.3, -0.25) is 9.13 Å². The number of aromatic nitrogens is 4. The average molecular weight is 362 g/mol. The summed E-state index contributed by atoms with van der Waals surface area (Å²) in [7, 11) is 3.64. The molecule has 4 aromatic rings. The molecule has 2 aromatic heterocycles. The Morgan fingerprint density at radius 3 is 2.41 bits per heavy atom. The Hall–Kier alpha value is -2.82. The number of H-pyrrole nitrogens is 1. The third kappa shape index (κ3) is 2.97. The maximum atomic E-state index is 12.1. The number of aromatic amines is 1. The van der Waals surface area contributed by atoms with E-state index in [1.165, 1.54) is 11.1 Å². The van der Waals surface area contributed by atoms with Gasteiger partial charge < -0.3 is 4.98 Å². The van der Waals surface area contributed by atoms with Gasteiger partial charge >= 0.3 is 5.69 Å². The highest BCUT2D eigenvalue weighted by Gasteiger charge is 2.14. The van der Waals surface area contributed by atoms with E-state index in [4.69, 9.17) is 4.98 Å². The van der Waals surface area contributed by atoms with Crippen molar-refractivity contribution in [2.45, 2.75) is 39.0 Å². The number of nitrogens with zero attached hydrogens (tertiary/aromatic N) is 3. The molecular weight excluding hydrogens is 336 g/mol. The fourth-order valence-corrected chi connectivity index (χ4v) is 3.77. The molecule has 0 spiro atoms. The highest BCUT2D eigenvalue weighted by molar-refractivity contribution is 5.77. The third-order valence-electron chi connectivity index (χ3n) is 5.59. The van der Waals surface area contributed by atoms with Crippen LogP contribution in [0.3, 0.4) is 0 Å². The molecule has 0 fully saturated rings. The van der Waals surface area contributed by atoms with Gasteiger partial charge in [0, 0.05) is 20.5 Å². The minimum atomic E-state index is 0.00745. The molecule has 0 aliphatic carbocycles. The molecule has 27 heavy (non-hydrogen) atoms. The zero-order chi connectivity index (χ0) is 19.3. The van der Waals surface area contributed by atoms with Gasteiger partial charge in [0.2, 0.25) is 0 Å². The molecule has 4 rings (SSSR count). The number of hydrogen-bond acceptors (Lipinski definition) is 2. The highest BCUT2D eigenvalue weighted by atomic mass is 16.1. The van der Waals surface area contributed by atoms with Gasteiger partial charge in [-0.25, -0.2) is 9.78 Å². The Labute approximate surface area is 158 Å². The van der Waals surface area contributed by atoms with Crippen molar-refractivity contribution in [2.75, 3.05) is 0 Å². The number of benzene rings is 2. The maximum Gasteiger partial charge on any atom is 0.328 e. The topological polar surface area (TPSA) is 55.6 Å². The zero-order valence-corrected chi connectivity index (χ0v) is 16.6. The van der Waals surface area contributed by atoms with Crippen molar-refractivity contribution in [1.82, 2.24) is 19.1 Å². The lowest BCUT2D eigenvalue weighted by molar-refractivity contribution is 0.729. The van der Waals surface area contributed by atoms with Crippen molar-refractivity contribution >= 4 is 22.1 Å². The summed E-state index contributed by atoms with van der Waals surface area (Å²) < 4.78 is 3.40. The van der Waals surface area contributed by atoms with Crippen molar-refractivity contribution in [3.05, 3.63) is 63.8 Å². The van der Waals surface area contributed by atoms with Crippen LogP contribution in [-0.4, -0.2) is 19.1 Å². The molecular formula is C22H26N4O.